The number of hydrogen-bond donors (Lipinski definition) is 2. The second kappa shape index (κ2) is 4.71. The first-order valence-electron chi connectivity index (χ1n) is 5.71. The van der Waals surface area contributed by atoms with E-state index in [0.29, 0.717) is 5.95 Å². The lowest BCUT2D eigenvalue weighted by Crippen LogP contribution is -1.91. The number of fused-ring (bicyclic) bond motifs is 1. The minimum absolute atomic E-state index is 0.642. The van der Waals surface area contributed by atoms with Crippen LogP contribution >= 0.6 is 0 Å². The van der Waals surface area contributed by atoms with Crippen LogP contribution in [0.5, 0.6) is 0 Å². The number of anilines is 1. The van der Waals surface area contributed by atoms with Crippen molar-refractivity contribution in [2.45, 2.75) is 0 Å². The van der Waals surface area contributed by atoms with E-state index in [-0.39, 0.29) is 0 Å². The molecule has 4 nitrogen and oxygen atoms in total. The Morgan fingerprint density at radius 3 is 2.61 bits per heavy atom. The van der Waals surface area contributed by atoms with E-state index >= 15 is 0 Å². The van der Waals surface area contributed by atoms with Gasteiger partial charge in [0.1, 0.15) is 0 Å². The van der Waals surface area contributed by atoms with E-state index in [1.807, 2.05) is 54.6 Å². The number of hydrogen-bond acceptors (Lipinski definition) is 3. The third kappa shape index (κ3) is 2.22. The number of para-hydroxylation sites is 2. The Balaban J connectivity index is 1.75. The fourth-order valence-corrected chi connectivity index (χ4v) is 1.71. The summed E-state index contributed by atoms with van der Waals surface area (Å²) in [4.78, 5) is 7.51. The summed E-state index contributed by atoms with van der Waals surface area (Å²) in [6.45, 7) is 0. The van der Waals surface area contributed by atoms with Crippen molar-refractivity contribution in [3.8, 4) is 0 Å². The van der Waals surface area contributed by atoms with Crippen LogP contribution in [-0.4, -0.2) is 16.2 Å². The number of hydrazone groups is 1. The molecule has 0 aliphatic heterocycles. The number of H-pyrrole nitrogens is 1. The van der Waals surface area contributed by atoms with Crippen LogP contribution in [-0.2, 0) is 0 Å². The van der Waals surface area contributed by atoms with Crippen LogP contribution in [0.2, 0.25) is 0 Å². The zero-order valence-electron chi connectivity index (χ0n) is 9.67. The van der Waals surface area contributed by atoms with Crippen molar-refractivity contribution >= 4 is 23.2 Å². The van der Waals surface area contributed by atoms with Gasteiger partial charge in [0.05, 0.1) is 17.2 Å². The molecule has 0 saturated carbocycles. The van der Waals surface area contributed by atoms with Gasteiger partial charge in [0.25, 0.3) is 0 Å². The molecule has 0 unspecified atom stereocenters. The van der Waals surface area contributed by atoms with Crippen LogP contribution in [0.1, 0.15) is 5.56 Å². The van der Waals surface area contributed by atoms with Gasteiger partial charge in [-0.1, -0.05) is 42.5 Å². The van der Waals surface area contributed by atoms with Crippen LogP contribution in [0.25, 0.3) is 11.0 Å². The summed E-state index contributed by atoms with van der Waals surface area (Å²) < 4.78 is 0. The zero-order chi connectivity index (χ0) is 12.2. The standard InChI is InChI=1S/C14H12N4/c1-2-6-11(7-3-1)10-15-18-14-16-12-8-4-5-9-13(12)17-14/h1-10H,(H2,16,17,18)/b15-10-. The predicted octanol–water partition coefficient (Wildman–Crippen LogP) is 3.01. The number of aromatic amines is 1. The first kappa shape index (κ1) is 10.5. The fraction of sp³-hybridized carbons (Fsp3) is 0. The molecule has 0 atom stereocenters. The van der Waals surface area contributed by atoms with Crippen molar-refractivity contribution in [3.05, 3.63) is 60.2 Å². The van der Waals surface area contributed by atoms with Crippen molar-refractivity contribution in [3.63, 3.8) is 0 Å². The normalized spacial score (nSPS) is 11.1. The van der Waals surface area contributed by atoms with Crippen molar-refractivity contribution in [2.24, 2.45) is 5.10 Å². The molecule has 18 heavy (non-hydrogen) atoms. The van der Waals surface area contributed by atoms with Crippen LogP contribution in [0, 0.1) is 0 Å². The molecular formula is C14H12N4. The largest absolute Gasteiger partial charge is 0.323 e. The molecule has 3 aromatic rings. The Bertz CT molecular complexity index is 637. The summed E-state index contributed by atoms with van der Waals surface area (Å²) in [5.74, 6) is 0.642. The van der Waals surface area contributed by atoms with E-state index < -0.39 is 0 Å². The van der Waals surface area contributed by atoms with Gasteiger partial charge in [0.15, 0.2) is 0 Å². The third-order valence-electron chi connectivity index (χ3n) is 2.57. The number of nitrogens with zero attached hydrogens (tertiary/aromatic N) is 2. The summed E-state index contributed by atoms with van der Waals surface area (Å²) in [6.07, 6.45) is 1.76. The molecule has 1 aromatic heterocycles. The minimum Gasteiger partial charge on any atom is -0.323 e. The van der Waals surface area contributed by atoms with Gasteiger partial charge in [0.2, 0.25) is 5.95 Å². The van der Waals surface area contributed by atoms with Crippen LogP contribution in [0.4, 0.5) is 5.95 Å². The first-order chi connectivity index (χ1) is 8.92. The molecule has 2 aromatic carbocycles. The highest BCUT2D eigenvalue weighted by molar-refractivity contribution is 5.80. The van der Waals surface area contributed by atoms with Gasteiger partial charge in [-0.05, 0) is 17.7 Å². The van der Waals surface area contributed by atoms with Gasteiger partial charge in [-0.15, -0.1) is 0 Å². The highest BCUT2D eigenvalue weighted by atomic mass is 15.3. The molecule has 0 amide bonds. The Kier molecular flexibility index (Phi) is 2.75. The lowest BCUT2D eigenvalue weighted by Gasteiger charge is -1.93. The Labute approximate surface area is 104 Å². The van der Waals surface area contributed by atoms with E-state index in [0.717, 1.165) is 16.6 Å². The second-order valence-corrected chi connectivity index (χ2v) is 3.88. The maximum Gasteiger partial charge on any atom is 0.222 e. The predicted molar refractivity (Wildman–Crippen MR) is 73.8 cm³/mol. The summed E-state index contributed by atoms with van der Waals surface area (Å²) in [6, 6.07) is 17.8. The Morgan fingerprint density at radius 2 is 1.78 bits per heavy atom. The van der Waals surface area contributed by atoms with E-state index in [9.17, 15) is 0 Å². The Morgan fingerprint density at radius 1 is 1.00 bits per heavy atom. The van der Waals surface area contributed by atoms with Gasteiger partial charge < -0.3 is 4.98 Å². The summed E-state index contributed by atoms with van der Waals surface area (Å²) in [7, 11) is 0. The Hall–Kier alpha value is -2.62. The number of imidazole rings is 1. The van der Waals surface area contributed by atoms with Gasteiger partial charge in [-0.25, -0.2) is 10.4 Å². The highest BCUT2D eigenvalue weighted by Crippen LogP contribution is 2.12. The van der Waals surface area contributed by atoms with Crippen LogP contribution < -0.4 is 5.43 Å². The molecule has 88 valence electrons. The van der Waals surface area contributed by atoms with Gasteiger partial charge >= 0.3 is 0 Å². The van der Waals surface area contributed by atoms with E-state index in [1.165, 1.54) is 0 Å². The number of benzene rings is 2. The number of rotatable bonds is 3. The second-order valence-electron chi connectivity index (χ2n) is 3.88. The molecule has 0 saturated heterocycles. The van der Waals surface area contributed by atoms with Crippen molar-refractivity contribution in [1.82, 2.24) is 9.97 Å². The molecule has 4 heteroatoms. The molecule has 3 rings (SSSR count). The zero-order valence-corrected chi connectivity index (χ0v) is 9.67. The maximum absolute atomic E-state index is 4.36. The first-order valence-corrected chi connectivity index (χ1v) is 5.71. The third-order valence-corrected chi connectivity index (χ3v) is 2.57. The molecule has 1 heterocycles. The summed E-state index contributed by atoms with van der Waals surface area (Å²) in [5.41, 5.74) is 5.85. The SMILES string of the molecule is C(=N/Nc1nc2ccccc2[nH]1)/c1ccccc1. The van der Waals surface area contributed by atoms with Crippen molar-refractivity contribution in [1.29, 1.82) is 0 Å². The van der Waals surface area contributed by atoms with Gasteiger partial charge in [-0.3, -0.25) is 0 Å². The average Bonchev–Trinajstić information content (AvgIpc) is 2.82. The molecule has 0 bridgehead atoms. The average molecular weight is 236 g/mol. The summed E-state index contributed by atoms with van der Waals surface area (Å²) >= 11 is 0. The summed E-state index contributed by atoms with van der Waals surface area (Å²) in [5, 5.41) is 4.14. The number of aromatic nitrogens is 2. The number of nitrogens with one attached hydrogen (secondary N) is 2. The fourth-order valence-electron chi connectivity index (χ4n) is 1.71. The van der Waals surface area contributed by atoms with E-state index in [4.69, 9.17) is 0 Å². The topological polar surface area (TPSA) is 53.1 Å². The minimum atomic E-state index is 0.642. The molecule has 0 fully saturated rings. The lowest BCUT2D eigenvalue weighted by atomic mass is 10.2. The van der Waals surface area contributed by atoms with E-state index in [1.54, 1.807) is 6.21 Å². The van der Waals surface area contributed by atoms with Gasteiger partial charge in [-0.2, -0.15) is 5.10 Å². The van der Waals surface area contributed by atoms with Crippen LogP contribution in [0.15, 0.2) is 59.7 Å². The van der Waals surface area contributed by atoms with Crippen molar-refractivity contribution in [2.75, 3.05) is 5.43 Å². The monoisotopic (exact) mass is 236 g/mol. The molecule has 2 N–H and O–H groups in total. The van der Waals surface area contributed by atoms with E-state index in [2.05, 4.69) is 20.5 Å². The quantitative estimate of drug-likeness (QED) is 0.542. The molecule has 0 radical (unpaired) electrons. The highest BCUT2D eigenvalue weighted by Gasteiger charge is 1.98. The van der Waals surface area contributed by atoms with Crippen LogP contribution in [0.3, 0.4) is 0 Å². The maximum atomic E-state index is 4.36. The molecular weight excluding hydrogens is 224 g/mol. The van der Waals surface area contributed by atoms with Gasteiger partial charge in [0, 0.05) is 0 Å². The van der Waals surface area contributed by atoms with Crippen molar-refractivity contribution < 1.29 is 0 Å². The smallest absolute Gasteiger partial charge is 0.222 e. The molecule has 0 spiro atoms. The molecule has 0 aliphatic rings. The lowest BCUT2D eigenvalue weighted by molar-refractivity contribution is 1.21. The molecule has 0 aliphatic carbocycles.